The first-order valence-electron chi connectivity index (χ1n) is 2.58. The maximum Gasteiger partial charge on any atom is 0.0326 e. The van der Waals surface area contributed by atoms with Crippen molar-refractivity contribution in [3.8, 4) is 0 Å². The summed E-state index contributed by atoms with van der Waals surface area (Å²) < 4.78 is 0. The number of rotatable bonds is 2. The molecule has 0 aromatic carbocycles. The molecule has 0 amide bonds. The highest BCUT2D eigenvalue weighted by molar-refractivity contribution is 5.09. The third-order valence-corrected chi connectivity index (χ3v) is 0.738. The summed E-state index contributed by atoms with van der Waals surface area (Å²) in [4.78, 5) is 0. The minimum absolute atomic E-state index is 0.435. The fourth-order valence-corrected chi connectivity index (χ4v) is 0.288. The molecule has 0 rings (SSSR count). The molecule has 46 valence electrons. The maximum atomic E-state index is 5.34. The zero-order valence-electron chi connectivity index (χ0n) is 5.09. The first-order chi connectivity index (χ1) is 3.81. The molecular formula is C6H12N2. The topological polar surface area (TPSA) is 52.0 Å². The van der Waals surface area contributed by atoms with Crippen molar-refractivity contribution >= 4 is 0 Å². The van der Waals surface area contributed by atoms with Gasteiger partial charge in [0, 0.05) is 12.2 Å². The Morgan fingerprint density at radius 2 is 2.25 bits per heavy atom. The van der Waals surface area contributed by atoms with Crippen LogP contribution in [0.2, 0.25) is 0 Å². The van der Waals surface area contributed by atoms with Crippen LogP contribution in [0.5, 0.6) is 0 Å². The van der Waals surface area contributed by atoms with Crippen molar-refractivity contribution in [2.75, 3.05) is 6.54 Å². The van der Waals surface area contributed by atoms with Gasteiger partial charge in [-0.15, -0.1) is 0 Å². The molecule has 0 heterocycles. The first kappa shape index (κ1) is 7.24. The van der Waals surface area contributed by atoms with E-state index >= 15 is 0 Å². The number of nitrogens with two attached hydrogens (primary N) is 2. The van der Waals surface area contributed by atoms with Crippen LogP contribution in [-0.2, 0) is 0 Å². The highest BCUT2D eigenvalue weighted by Crippen LogP contribution is 1.79. The minimum atomic E-state index is 0.435. The van der Waals surface area contributed by atoms with Crippen LogP contribution in [0.25, 0.3) is 0 Å². The fraction of sp³-hybridized carbons (Fsp3) is 0.333. The third kappa shape index (κ3) is 3.43. The van der Waals surface area contributed by atoms with E-state index in [-0.39, 0.29) is 0 Å². The summed E-state index contributed by atoms with van der Waals surface area (Å²) in [5.74, 6) is 0. The van der Waals surface area contributed by atoms with Gasteiger partial charge < -0.3 is 11.5 Å². The van der Waals surface area contributed by atoms with Crippen LogP contribution in [0.3, 0.4) is 0 Å². The summed E-state index contributed by atoms with van der Waals surface area (Å²) in [7, 11) is 0. The molecule has 0 saturated carbocycles. The molecule has 2 nitrogen and oxygen atoms in total. The van der Waals surface area contributed by atoms with Crippen molar-refractivity contribution in [2.24, 2.45) is 11.5 Å². The maximum absolute atomic E-state index is 5.34. The largest absolute Gasteiger partial charge is 0.401 e. The molecule has 0 atom stereocenters. The van der Waals surface area contributed by atoms with E-state index in [1.54, 1.807) is 6.08 Å². The van der Waals surface area contributed by atoms with E-state index in [0.717, 1.165) is 0 Å². The van der Waals surface area contributed by atoms with Crippen molar-refractivity contribution < 1.29 is 0 Å². The lowest BCUT2D eigenvalue weighted by Crippen LogP contribution is -2.10. The van der Waals surface area contributed by atoms with E-state index in [0.29, 0.717) is 12.2 Å². The van der Waals surface area contributed by atoms with Gasteiger partial charge in [-0.1, -0.05) is 12.2 Å². The molecule has 8 heavy (non-hydrogen) atoms. The molecule has 0 radical (unpaired) electrons. The third-order valence-electron chi connectivity index (χ3n) is 0.738. The minimum Gasteiger partial charge on any atom is -0.401 e. The Morgan fingerprint density at radius 1 is 1.62 bits per heavy atom. The normalized spacial score (nSPS) is 13.0. The lowest BCUT2D eigenvalue weighted by molar-refractivity contribution is 1.11. The molecule has 0 saturated heterocycles. The summed E-state index contributed by atoms with van der Waals surface area (Å²) >= 11 is 0. The molecule has 0 spiro atoms. The summed E-state index contributed by atoms with van der Waals surface area (Å²) in [6, 6.07) is 0. The summed E-state index contributed by atoms with van der Waals surface area (Å²) in [6.45, 7) is 2.37. The predicted molar refractivity (Wildman–Crippen MR) is 36.1 cm³/mol. The lowest BCUT2D eigenvalue weighted by Gasteiger charge is -1.88. The molecule has 0 aromatic rings. The van der Waals surface area contributed by atoms with E-state index < -0.39 is 0 Å². The Kier molecular flexibility index (Phi) is 3.98. The number of hydrogen-bond donors (Lipinski definition) is 2. The van der Waals surface area contributed by atoms with E-state index in [9.17, 15) is 0 Å². The van der Waals surface area contributed by atoms with E-state index in [1.165, 1.54) is 0 Å². The van der Waals surface area contributed by atoms with Gasteiger partial charge in [-0.25, -0.2) is 0 Å². The zero-order valence-corrected chi connectivity index (χ0v) is 5.09. The van der Waals surface area contributed by atoms with E-state index in [2.05, 4.69) is 0 Å². The predicted octanol–water partition coefficient (Wildman–Crippen LogP) is 0.364. The van der Waals surface area contributed by atoms with Gasteiger partial charge in [-0.2, -0.15) is 0 Å². The van der Waals surface area contributed by atoms with Crippen molar-refractivity contribution in [3.05, 3.63) is 23.9 Å². The summed E-state index contributed by atoms with van der Waals surface area (Å²) in [6.07, 6.45) is 5.56. The standard InChI is InChI=1S/C6H12N2/c1-2-3-4-6(8)5-7/h2-4H,5,7-8H2,1H3/b3-2-,6-4+. The molecule has 4 N–H and O–H groups in total. The van der Waals surface area contributed by atoms with Gasteiger partial charge in [-0.05, 0) is 13.0 Å². The molecular weight excluding hydrogens is 100 g/mol. The van der Waals surface area contributed by atoms with Crippen LogP contribution >= 0.6 is 0 Å². The van der Waals surface area contributed by atoms with Crippen molar-refractivity contribution in [1.29, 1.82) is 0 Å². The smallest absolute Gasteiger partial charge is 0.0326 e. The van der Waals surface area contributed by atoms with Crippen LogP contribution in [0.4, 0.5) is 0 Å². The monoisotopic (exact) mass is 112 g/mol. The Bertz CT molecular complexity index is 103. The van der Waals surface area contributed by atoms with Crippen molar-refractivity contribution in [3.63, 3.8) is 0 Å². The number of allylic oxidation sites excluding steroid dienone is 3. The highest BCUT2D eigenvalue weighted by Gasteiger charge is 1.76. The second-order valence-corrected chi connectivity index (χ2v) is 1.47. The van der Waals surface area contributed by atoms with Crippen LogP contribution < -0.4 is 11.5 Å². The highest BCUT2D eigenvalue weighted by atomic mass is 14.7. The van der Waals surface area contributed by atoms with Gasteiger partial charge in [0.25, 0.3) is 0 Å². The molecule has 0 bridgehead atoms. The molecule has 0 aliphatic carbocycles. The molecule has 0 unspecified atom stereocenters. The molecule has 0 fully saturated rings. The molecule has 0 aliphatic rings. The number of hydrogen-bond acceptors (Lipinski definition) is 2. The summed E-state index contributed by atoms with van der Waals surface area (Å²) in [5.41, 5.74) is 11.2. The van der Waals surface area contributed by atoms with Crippen LogP contribution in [0, 0.1) is 0 Å². The van der Waals surface area contributed by atoms with Gasteiger partial charge in [0.1, 0.15) is 0 Å². The molecule has 0 aromatic heterocycles. The van der Waals surface area contributed by atoms with Crippen molar-refractivity contribution in [2.45, 2.75) is 6.92 Å². The molecule has 2 heteroatoms. The van der Waals surface area contributed by atoms with Gasteiger partial charge in [0.2, 0.25) is 0 Å². The van der Waals surface area contributed by atoms with Gasteiger partial charge in [0.05, 0.1) is 0 Å². The Labute approximate surface area is 49.9 Å². The second kappa shape index (κ2) is 4.40. The van der Waals surface area contributed by atoms with Crippen LogP contribution in [0.1, 0.15) is 6.92 Å². The zero-order chi connectivity index (χ0) is 6.41. The van der Waals surface area contributed by atoms with Crippen LogP contribution in [0.15, 0.2) is 23.9 Å². The van der Waals surface area contributed by atoms with Gasteiger partial charge >= 0.3 is 0 Å². The molecule has 0 aliphatic heterocycles. The average molecular weight is 112 g/mol. The van der Waals surface area contributed by atoms with E-state index in [1.807, 2.05) is 19.1 Å². The average Bonchev–Trinajstić information content (AvgIpc) is 1.83. The van der Waals surface area contributed by atoms with Gasteiger partial charge in [0.15, 0.2) is 0 Å². The van der Waals surface area contributed by atoms with E-state index in [4.69, 9.17) is 11.5 Å². The Morgan fingerprint density at radius 3 is 2.62 bits per heavy atom. The fourth-order valence-electron chi connectivity index (χ4n) is 0.288. The summed E-state index contributed by atoms with van der Waals surface area (Å²) in [5, 5.41) is 0. The second-order valence-electron chi connectivity index (χ2n) is 1.47. The Hall–Kier alpha value is -0.760. The first-order valence-corrected chi connectivity index (χ1v) is 2.58. The quantitative estimate of drug-likeness (QED) is 0.507. The SMILES string of the molecule is C/C=C\C=C(\N)CN. The lowest BCUT2D eigenvalue weighted by atomic mass is 10.4. The van der Waals surface area contributed by atoms with Crippen LogP contribution in [-0.4, -0.2) is 6.54 Å². The van der Waals surface area contributed by atoms with Crippen molar-refractivity contribution in [1.82, 2.24) is 0 Å². The Balaban J connectivity index is 3.57. The van der Waals surface area contributed by atoms with Gasteiger partial charge in [-0.3, -0.25) is 0 Å².